The minimum Gasteiger partial charge on any atom is -0.493 e. The molecule has 6 heteroatoms. The van der Waals surface area contributed by atoms with E-state index in [2.05, 4.69) is 10.3 Å². The first kappa shape index (κ1) is 22.1. The Kier molecular flexibility index (Phi) is 7.38. The van der Waals surface area contributed by atoms with E-state index in [0.29, 0.717) is 49.1 Å². The van der Waals surface area contributed by atoms with Gasteiger partial charge in [0, 0.05) is 24.9 Å². The first-order valence-corrected chi connectivity index (χ1v) is 10.8. The molecule has 0 aliphatic carbocycles. The Morgan fingerprint density at radius 2 is 1.70 bits per heavy atom. The zero-order chi connectivity index (χ0) is 22.9. The van der Waals surface area contributed by atoms with Crippen LogP contribution in [0.4, 0.5) is 0 Å². The minimum atomic E-state index is -0.0715. The summed E-state index contributed by atoms with van der Waals surface area (Å²) in [5, 5.41) is 2.93. The van der Waals surface area contributed by atoms with E-state index in [-0.39, 0.29) is 5.91 Å². The standard InChI is InChI=1S/C27H26N2O4/c1-31-24-16-21(12-13-23(24)32-19-20-8-4-2-5-9-20)17-28-26(30)14-15-27-29-18-25(33-27)22-10-6-3-7-11-22/h2-13,16,18H,14-15,17,19H2,1H3,(H,28,30). The normalized spacial score (nSPS) is 10.6. The second kappa shape index (κ2) is 11.0. The summed E-state index contributed by atoms with van der Waals surface area (Å²) in [6, 6.07) is 25.4. The van der Waals surface area contributed by atoms with E-state index in [1.807, 2.05) is 78.9 Å². The Morgan fingerprint density at radius 1 is 0.939 bits per heavy atom. The minimum absolute atomic E-state index is 0.0715. The molecule has 33 heavy (non-hydrogen) atoms. The van der Waals surface area contributed by atoms with Crippen LogP contribution >= 0.6 is 0 Å². The second-order valence-electron chi connectivity index (χ2n) is 7.52. The highest BCUT2D eigenvalue weighted by molar-refractivity contribution is 5.76. The van der Waals surface area contributed by atoms with Crippen molar-refractivity contribution in [2.45, 2.75) is 26.0 Å². The van der Waals surface area contributed by atoms with Gasteiger partial charge in [0.25, 0.3) is 0 Å². The lowest BCUT2D eigenvalue weighted by molar-refractivity contribution is -0.121. The summed E-state index contributed by atoms with van der Waals surface area (Å²) < 4.78 is 17.1. The maximum atomic E-state index is 12.3. The largest absolute Gasteiger partial charge is 0.493 e. The van der Waals surface area contributed by atoms with E-state index in [0.717, 1.165) is 16.7 Å². The predicted molar refractivity (Wildman–Crippen MR) is 126 cm³/mol. The van der Waals surface area contributed by atoms with Crippen molar-refractivity contribution < 1.29 is 18.7 Å². The molecule has 168 valence electrons. The highest BCUT2D eigenvalue weighted by Crippen LogP contribution is 2.29. The number of carbonyl (C=O) groups excluding carboxylic acids is 1. The van der Waals surface area contributed by atoms with Gasteiger partial charge in [0.15, 0.2) is 23.1 Å². The summed E-state index contributed by atoms with van der Waals surface area (Å²) in [5.41, 5.74) is 2.97. The molecule has 4 rings (SSSR count). The summed E-state index contributed by atoms with van der Waals surface area (Å²) >= 11 is 0. The Morgan fingerprint density at radius 3 is 2.45 bits per heavy atom. The van der Waals surface area contributed by atoms with Crippen molar-refractivity contribution in [3.8, 4) is 22.8 Å². The van der Waals surface area contributed by atoms with Crippen molar-refractivity contribution in [1.82, 2.24) is 10.3 Å². The molecule has 0 atom stereocenters. The SMILES string of the molecule is COc1cc(CNC(=O)CCc2ncc(-c3ccccc3)o2)ccc1OCc1ccccc1. The number of oxazole rings is 1. The van der Waals surface area contributed by atoms with Crippen molar-refractivity contribution in [1.29, 1.82) is 0 Å². The van der Waals surface area contributed by atoms with Crippen LogP contribution in [0.1, 0.15) is 23.4 Å². The number of hydrogen-bond donors (Lipinski definition) is 1. The quantitative estimate of drug-likeness (QED) is 0.366. The summed E-state index contributed by atoms with van der Waals surface area (Å²) in [4.78, 5) is 16.6. The van der Waals surface area contributed by atoms with Crippen molar-refractivity contribution in [3.05, 3.63) is 102 Å². The second-order valence-corrected chi connectivity index (χ2v) is 7.52. The Labute approximate surface area is 193 Å². The van der Waals surface area contributed by atoms with Gasteiger partial charge in [0.05, 0.1) is 13.3 Å². The molecule has 1 aromatic heterocycles. The van der Waals surface area contributed by atoms with Gasteiger partial charge < -0.3 is 19.2 Å². The van der Waals surface area contributed by atoms with E-state index in [9.17, 15) is 4.79 Å². The fourth-order valence-electron chi connectivity index (χ4n) is 3.35. The summed E-state index contributed by atoms with van der Waals surface area (Å²) in [6.07, 6.45) is 2.43. The van der Waals surface area contributed by atoms with Crippen molar-refractivity contribution in [3.63, 3.8) is 0 Å². The zero-order valence-electron chi connectivity index (χ0n) is 18.5. The molecule has 1 amide bonds. The van der Waals surface area contributed by atoms with Crippen molar-refractivity contribution in [2.24, 2.45) is 0 Å². The molecule has 4 aromatic rings. The topological polar surface area (TPSA) is 73.6 Å². The van der Waals surface area contributed by atoms with Crippen LogP contribution in [-0.4, -0.2) is 18.0 Å². The number of nitrogens with zero attached hydrogens (tertiary/aromatic N) is 1. The number of nitrogens with one attached hydrogen (secondary N) is 1. The third kappa shape index (κ3) is 6.23. The lowest BCUT2D eigenvalue weighted by Crippen LogP contribution is -2.23. The maximum absolute atomic E-state index is 12.3. The molecule has 0 saturated carbocycles. The molecule has 0 radical (unpaired) electrons. The molecule has 0 aliphatic rings. The Bertz CT molecular complexity index is 1170. The van der Waals surface area contributed by atoms with Crippen LogP contribution in [0.15, 0.2) is 89.5 Å². The molecule has 0 saturated heterocycles. The molecule has 0 spiro atoms. The summed E-state index contributed by atoms with van der Waals surface area (Å²) in [7, 11) is 1.60. The van der Waals surface area contributed by atoms with Gasteiger partial charge in [0.1, 0.15) is 6.61 Å². The predicted octanol–water partition coefficient (Wildman–Crippen LogP) is 5.18. The molecular formula is C27H26N2O4. The average Bonchev–Trinajstić information content (AvgIpc) is 3.35. The molecule has 0 unspecified atom stereocenters. The van der Waals surface area contributed by atoms with Gasteiger partial charge in [-0.3, -0.25) is 4.79 Å². The van der Waals surface area contributed by atoms with Crippen LogP contribution in [0.2, 0.25) is 0 Å². The number of ether oxygens (including phenoxy) is 2. The number of methoxy groups -OCH3 is 1. The van der Waals surface area contributed by atoms with Crippen LogP contribution in [0.5, 0.6) is 11.5 Å². The van der Waals surface area contributed by atoms with Crippen LogP contribution in [0, 0.1) is 0 Å². The van der Waals surface area contributed by atoms with E-state index in [4.69, 9.17) is 13.9 Å². The third-order valence-electron chi connectivity index (χ3n) is 5.13. The number of rotatable bonds is 10. The maximum Gasteiger partial charge on any atom is 0.220 e. The Hall–Kier alpha value is -4.06. The van der Waals surface area contributed by atoms with E-state index < -0.39 is 0 Å². The molecule has 1 heterocycles. The fraction of sp³-hybridized carbons (Fsp3) is 0.185. The van der Waals surface area contributed by atoms with Gasteiger partial charge in [-0.05, 0) is 23.3 Å². The highest BCUT2D eigenvalue weighted by atomic mass is 16.5. The van der Waals surface area contributed by atoms with E-state index in [1.54, 1.807) is 13.3 Å². The lowest BCUT2D eigenvalue weighted by atomic mass is 10.2. The highest BCUT2D eigenvalue weighted by Gasteiger charge is 2.10. The van der Waals surface area contributed by atoms with E-state index in [1.165, 1.54) is 0 Å². The molecular weight excluding hydrogens is 416 g/mol. The number of amides is 1. The van der Waals surface area contributed by atoms with Gasteiger partial charge >= 0.3 is 0 Å². The van der Waals surface area contributed by atoms with Gasteiger partial charge in [-0.1, -0.05) is 66.7 Å². The number of benzene rings is 3. The molecule has 3 aromatic carbocycles. The number of aryl methyl sites for hydroxylation is 1. The van der Waals surface area contributed by atoms with Crippen molar-refractivity contribution >= 4 is 5.91 Å². The number of aromatic nitrogens is 1. The fourth-order valence-corrected chi connectivity index (χ4v) is 3.35. The van der Waals surface area contributed by atoms with Crippen LogP contribution in [0.3, 0.4) is 0 Å². The Balaban J connectivity index is 1.26. The molecule has 6 nitrogen and oxygen atoms in total. The lowest BCUT2D eigenvalue weighted by Gasteiger charge is -2.13. The third-order valence-corrected chi connectivity index (χ3v) is 5.13. The first-order valence-electron chi connectivity index (χ1n) is 10.8. The summed E-state index contributed by atoms with van der Waals surface area (Å²) in [6.45, 7) is 0.856. The smallest absolute Gasteiger partial charge is 0.220 e. The van der Waals surface area contributed by atoms with Gasteiger partial charge in [-0.2, -0.15) is 0 Å². The number of hydrogen-bond acceptors (Lipinski definition) is 5. The van der Waals surface area contributed by atoms with Crippen LogP contribution in [-0.2, 0) is 24.4 Å². The van der Waals surface area contributed by atoms with Crippen LogP contribution < -0.4 is 14.8 Å². The molecule has 1 N–H and O–H groups in total. The monoisotopic (exact) mass is 442 g/mol. The summed E-state index contributed by atoms with van der Waals surface area (Å²) in [5.74, 6) is 2.47. The molecule has 0 fully saturated rings. The zero-order valence-corrected chi connectivity index (χ0v) is 18.5. The first-order chi connectivity index (χ1) is 16.2. The van der Waals surface area contributed by atoms with Gasteiger partial charge in [-0.15, -0.1) is 0 Å². The van der Waals surface area contributed by atoms with E-state index >= 15 is 0 Å². The van der Waals surface area contributed by atoms with Gasteiger partial charge in [-0.25, -0.2) is 4.98 Å². The van der Waals surface area contributed by atoms with Gasteiger partial charge in [0.2, 0.25) is 5.91 Å². The van der Waals surface area contributed by atoms with Crippen LogP contribution in [0.25, 0.3) is 11.3 Å². The number of carbonyl (C=O) groups is 1. The molecule has 0 aliphatic heterocycles. The molecule has 0 bridgehead atoms. The average molecular weight is 443 g/mol. The van der Waals surface area contributed by atoms with Crippen molar-refractivity contribution in [2.75, 3.05) is 7.11 Å².